The van der Waals surface area contributed by atoms with Crippen molar-refractivity contribution in [2.45, 2.75) is 18.6 Å². The monoisotopic (exact) mass is 286 g/mol. The average Bonchev–Trinajstić information content (AvgIpc) is 2.25. The number of nitrogens with one attached hydrogen (secondary N) is 1. The van der Waals surface area contributed by atoms with E-state index in [1.54, 1.807) is 13.8 Å². The normalized spacial score (nSPS) is 12.2. The zero-order valence-corrected chi connectivity index (χ0v) is 11.9. The maximum atomic E-state index is 11.6. The van der Waals surface area contributed by atoms with Crippen molar-refractivity contribution in [2.75, 3.05) is 23.9 Å². The molecule has 0 atom stereocenters. The van der Waals surface area contributed by atoms with Crippen molar-refractivity contribution in [2.24, 2.45) is 5.73 Å². The third-order valence-corrected chi connectivity index (χ3v) is 5.01. The number of carbonyl (C=O) groups excluding carboxylic acids is 1. The molecule has 5 N–H and O–H groups in total. The van der Waals surface area contributed by atoms with E-state index >= 15 is 0 Å². The van der Waals surface area contributed by atoms with Gasteiger partial charge in [-0.25, -0.2) is 13.4 Å². The first-order valence-electron chi connectivity index (χ1n) is 5.53. The predicted molar refractivity (Wildman–Crippen MR) is 74.6 cm³/mol. The Morgan fingerprint density at radius 2 is 2.05 bits per heavy atom. The summed E-state index contributed by atoms with van der Waals surface area (Å²) >= 11 is 0. The minimum Gasteiger partial charge on any atom is -0.397 e. The Morgan fingerprint density at radius 1 is 1.47 bits per heavy atom. The van der Waals surface area contributed by atoms with Gasteiger partial charge in [-0.15, -0.1) is 0 Å². The van der Waals surface area contributed by atoms with Crippen LogP contribution in [0.15, 0.2) is 12.3 Å². The number of sulfone groups is 1. The summed E-state index contributed by atoms with van der Waals surface area (Å²) in [5.41, 5.74) is 11.2. The van der Waals surface area contributed by atoms with Gasteiger partial charge in [0.1, 0.15) is 5.82 Å². The first kappa shape index (κ1) is 15.2. The van der Waals surface area contributed by atoms with Crippen molar-refractivity contribution < 1.29 is 13.2 Å². The second kappa shape index (κ2) is 5.04. The molecule has 0 radical (unpaired) electrons. The molecular weight excluding hydrogens is 268 g/mol. The van der Waals surface area contributed by atoms with Crippen molar-refractivity contribution in [3.05, 3.63) is 17.8 Å². The molecule has 0 fully saturated rings. The molecule has 0 aliphatic rings. The molecule has 0 saturated carbocycles. The summed E-state index contributed by atoms with van der Waals surface area (Å²) in [6, 6.07) is 1.39. The highest BCUT2D eigenvalue weighted by Crippen LogP contribution is 2.19. The Bertz CT molecular complexity index is 596. The van der Waals surface area contributed by atoms with E-state index in [4.69, 9.17) is 11.5 Å². The second-order valence-electron chi connectivity index (χ2n) is 4.91. The lowest BCUT2D eigenvalue weighted by atomic mass is 10.2. The second-order valence-corrected chi connectivity index (χ2v) is 7.56. The highest BCUT2D eigenvalue weighted by atomic mass is 32.2. The summed E-state index contributed by atoms with van der Waals surface area (Å²) in [7, 11) is -3.24. The van der Waals surface area contributed by atoms with Crippen LogP contribution in [-0.2, 0) is 9.84 Å². The zero-order chi connectivity index (χ0) is 14.8. The molecule has 19 heavy (non-hydrogen) atoms. The molecule has 1 aromatic heterocycles. The molecule has 0 unspecified atom stereocenters. The van der Waals surface area contributed by atoms with Crippen LogP contribution in [0.25, 0.3) is 0 Å². The van der Waals surface area contributed by atoms with Crippen LogP contribution in [0, 0.1) is 0 Å². The lowest BCUT2D eigenvalue weighted by molar-refractivity contribution is 0.100. The van der Waals surface area contributed by atoms with Crippen LogP contribution in [0.2, 0.25) is 0 Å². The Hall–Kier alpha value is -1.83. The number of hydrogen-bond donors (Lipinski definition) is 3. The van der Waals surface area contributed by atoms with Crippen molar-refractivity contribution in [3.8, 4) is 0 Å². The summed E-state index contributed by atoms with van der Waals surface area (Å²) in [6.45, 7) is 3.26. The minimum atomic E-state index is -3.24. The smallest absolute Gasteiger partial charge is 0.252 e. The largest absolute Gasteiger partial charge is 0.397 e. The van der Waals surface area contributed by atoms with E-state index in [1.807, 2.05) is 0 Å². The fraction of sp³-hybridized carbons (Fsp3) is 0.455. The predicted octanol–water partition coefficient (Wildman–Crippen LogP) is -0.00220. The van der Waals surface area contributed by atoms with E-state index in [9.17, 15) is 13.2 Å². The van der Waals surface area contributed by atoms with Crippen molar-refractivity contribution in [1.29, 1.82) is 0 Å². The summed E-state index contributed by atoms with van der Waals surface area (Å²) < 4.78 is 22.2. The quantitative estimate of drug-likeness (QED) is 0.698. The molecule has 1 rings (SSSR count). The Kier molecular flexibility index (Phi) is 4.04. The van der Waals surface area contributed by atoms with Gasteiger partial charge in [0.25, 0.3) is 5.91 Å². The number of pyridine rings is 1. The number of nitrogens with zero attached hydrogens (tertiary/aromatic N) is 1. The zero-order valence-electron chi connectivity index (χ0n) is 11.1. The van der Waals surface area contributed by atoms with Crippen LogP contribution in [0.3, 0.4) is 0 Å². The third-order valence-electron chi connectivity index (χ3n) is 2.86. The van der Waals surface area contributed by atoms with Crippen LogP contribution in [0.1, 0.15) is 24.2 Å². The van der Waals surface area contributed by atoms with Gasteiger partial charge >= 0.3 is 0 Å². The van der Waals surface area contributed by atoms with Gasteiger partial charge in [-0.2, -0.15) is 0 Å². The number of rotatable bonds is 5. The lowest BCUT2D eigenvalue weighted by Gasteiger charge is -2.23. The van der Waals surface area contributed by atoms with E-state index in [0.717, 1.165) is 6.26 Å². The maximum absolute atomic E-state index is 11.6. The highest BCUT2D eigenvalue weighted by molar-refractivity contribution is 7.92. The van der Waals surface area contributed by atoms with E-state index in [0.29, 0.717) is 5.69 Å². The molecule has 1 aromatic rings. The molecule has 0 spiro atoms. The topological polar surface area (TPSA) is 128 Å². The van der Waals surface area contributed by atoms with Crippen molar-refractivity contribution >= 4 is 27.2 Å². The summed E-state index contributed by atoms with van der Waals surface area (Å²) in [5, 5.41) is 2.82. The summed E-state index contributed by atoms with van der Waals surface area (Å²) in [6.07, 6.45) is 2.52. The van der Waals surface area contributed by atoms with Gasteiger partial charge in [-0.1, -0.05) is 0 Å². The average molecular weight is 286 g/mol. The summed E-state index contributed by atoms with van der Waals surface area (Å²) in [4.78, 5) is 15.2. The summed E-state index contributed by atoms with van der Waals surface area (Å²) in [5.74, 6) is -0.460. The van der Waals surface area contributed by atoms with Gasteiger partial charge in [-0.3, -0.25) is 4.79 Å². The Labute approximate surface area is 112 Å². The molecule has 0 bridgehead atoms. The van der Waals surface area contributed by atoms with E-state index in [-0.39, 0.29) is 17.9 Å². The standard InChI is InChI=1S/C11H18N4O3S/c1-11(2,19(3,17)18)6-15-10-8(9(13)16)4-7(12)5-14-10/h4-5H,6,12H2,1-3H3,(H2,13,16)(H,14,15). The van der Waals surface area contributed by atoms with Gasteiger partial charge in [-0.05, 0) is 19.9 Å². The van der Waals surface area contributed by atoms with E-state index in [1.165, 1.54) is 12.3 Å². The van der Waals surface area contributed by atoms with Gasteiger partial charge in [0.05, 0.1) is 22.2 Å². The first-order chi connectivity index (χ1) is 8.54. The fourth-order valence-corrected chi connectivity index (χ4v) is 1.57. The molecule has 0 aliphatic heterocycles. The van der Waals surface area contributed by atoms with Crippen LogP contribution in [0.5, 0.6) is 0 Å². The van der Waals surface area contributed by atoms with Crippen molar-refractivity contribution in [3.63, 3.8) is 0 Å². The fourth-order valence-electron chi connectivity index (χ4n) is 1.24. The molecule has 8 heteroatoms. The molecule has 7 nitrogen and oxygen atoms in total. The number of nitrogens with two attached hydrogens (primary N) is 2. The van der Waals surface area contributed by atoms with Gasteiger partial charge < -0.3 is 16.8 Å². The Balaban J connectivity index is 2.99. The number of aromatic nitrogens is 1. The molecule has 1 amide bonds. The lowest BCUT2D eigenvalue weighted by Crippen LogP contribution is -2.38. The van der Waals surface area contributed by atoms with Gasteiger partial charge in [0, 0.05) is 12.8 Å². The SMILES string of the molecule is CC(C)(CNc1ncc(N)cc1C(N)=O)S(C)(=O)=O. The van der Waals surface area contributed by atoms with Gasteiger partial charge in [0.2, 0.25) is 0 Å². The van der Waals surface area contributed by atoms with Crippen LogP contribution in [-0.4, -0.2) is 36.9 Å². The van der Waals surface area contributed by atoms with Crippen LogP contribution in [0.4, 0.5) is 11.5 Å². The molecule has 0 aromatic carbocycles. The number of anilines is 2. The van der Waals surface area contributed by atoms with Crippen LogP contribution >= 0.6 is 0 Å². The Morgan fingerprint density at radius 3 is 2.53 bits per heavy atom. The molecule has 0 aliphatic carbocycles. The van der Waals surface area contributed by atoms with Gasteiger partial charge in [0.15, 0.2) is 9.84 Å². The molecule has 0 saturated heterocycles. The minimum absolute atomic E-state index is 0.100. The molecular formula is C11H18N4O3S. The van der Waals surface area contributed by atoms with E-state index < -0.39 is 20.5 Å². The number of hydrogen-bond acceptors (Lipinski definition) is 6. The molecule has 106 valence electrons. The highest BCUT2D eigenvalue weighted by Gasteiger charge is 2.30. The number of primary amides is 1. The number of carbonyl (C=O) groups is 1. The van der Waals surface area contributed by atoms with Crippen molar-refractivity contribution in [1.82, 2.24) is 4.98 Å². The molecule has 1 heterocycles. The first-order valence-corrected chi connectivity index (χ1v) is 7.42. The third kappa shape index (κ3) is 3.57. The number of amides is 1. The maximum Gasteiger partial charge on any atom is 0.252 e. The van der Waals surface area contributed by atoms with Crippen LogP contribution < -0.4 is 16.8 Å². The van der Waals surface area contributed by atoms with E-state index in [2.05, 4.69) is 10.3 Å². The number of nitrogen functional groups attached to an aromatic ring is 1.